The molecule has 0 aliphatic heterocycles. The van der Waals surface area contributed by atoms with Crippen LogP contribution in [0.1, 0.15) is 24.4 Å². The lowest BCUT2D eigenvalue weighted by Crippen LogP contribution is -2.42. The van der Waals surface area contributed by atoms with E-state index in [-0.39, 0.29) is 30.6 Å². The van der Waals surface area contributed by atoms with Crippen molar-refractivity contribution in [3.63, 3.8) is 0 Å². The van der Waals surface area contributed by atoms with E-state index in [0.29, 0.717) is 18.6 Å². The molecule has 2 N–H and O–H groups in total. The first-order chi connectivity index (χ1) is 11.1. The van der Waals surface area contributed by atoms with Crippen molar-refractivity contribution in [2.24, 2.45) is 13.0 Å². The highest BCUT2D eigenvalue weighted by Crippen LogP contribution is 2.37. The second-order valence-corrected chi connectivity index (χ2v) is 5.98. The van der Waals surface area contributed by atoms with Gasteiger partial charge in [0.15, 0.2) is 6.61 Å². The molecule has 23 heavy (non-hydrogen) atoms. The largest absolute Gasteiger partial charge is 0.484 e. The molecule has 0 spiro atoms. The van der Waals surface area contributed by atoms with E-state index in [1.165, 1.54) is 0 Å². The summed E-state index contributed by atoms with van der Waals surface area (Å²) in [7, 11) is 1.84. The van der Waals surface area contributed by atoms with E-state index in [2.05, 4.69) is 10.4 Å². The van der Waals surface area contributed by atoms with E-state index >= 15 is 0 Å². The molecule has 1 aromatic carbocycles. The van der Waals surface area contributed by atoms with Crippen LogP contribution in [0.2, 0.25) is 0 Å². The molecule has 1 fully saturated rings. The second-order valence-electron chi connectivity index (χ2n) is 5.98. The Hall–Kier alpha value is -2.34. The van der Waals surface area contributed by atoms with Crippen molar-refractivity contribution < 1.29 is 14.6 Å². The highest BCUT2D eigenvalue weighted by Gasteiger charge is 2.36. The third-order valence-electron chi connectivity index (χ3n) is 4.13. The maximum absolute atomic E-state index is 12.2. The quantitative estimate of drug-likeness (QED) is 0.845. The highest BCUT2D eigenvalue weighted by atomic mass is 16.5. The number of hydrogen-bond donors (Lipinski definition) is 2. The van der Waals surface area contributed by atoms with E-state index in [0.717, 1.165) is 5.56 Å². The molecule has 6 nitrogen and oxygen atoms in total. The number of para-hydroxylation sites is 1. The van der Waals surface area contributed by atoms with Gasteiger partial charge in [-0.05, 0) is 30.9 Å². The Balaban J connectivity index is 1.60. The number of nitrogens with one attached hydrogen (secondary N) is 1. The summed E-state index contributed by atoms with van der Waals surface area (Å²) in [4.78, 5) is 12.2. The Bertz CT molecular complexity index is 650. The number of carbonyl (C=O) groups excluding carboxylic acids is 1. The molecule has 122 valence electrons. The average molecular weight is 315 g/mol. The number of aryl methyl sites for hydroxylation is 1. The summed E-state index contributed by atoms with van der Waals surface area (Å²) >= 11 is 0. The van der Waals surface area contributed by atoms with Gasteiger partial charge in [-0.25, -0.2) is 0 Å². The minimum Gasteiger partial charge on any atom is -0.484 e. The molecule has 1 aliphatic rings. The van der Waals surface area contributed by atoms with Crippen LogP contribution in [0, 0.1) is 5.92 Å². The number of aromatic nitrogens is 2. The van der Waals surface area contributed by atoms with Gasteiger partial charge >= 0.3 is 0 Å². The molecule has 1 saturated carbocycles. The molecule has 0 saturated heterocycles. The van der Waals surface area contributed by atoms with Crippen molar-refractivity contribution in [2.75, 3.05) is 6.61 Å². The second kappa shape index (κ2) is 6.83. The Kier molecular flexibility index (Phi) is 4.62. The summed E-state index contributed by atoms with van der Waals surface area (Å²) in [6.07, 6.45) is 4.77. The smallest absolute Gasteiger partial charge is 0.258 e. The molecular formula is C17H21N3O3. The summed E-state index contributed by atoms with van der Waals surface area (Å²) in [6.45, 7) is -0.0317. The van der Waals surface area contributed by atoms with Gasteiger partial charge in [0.1, 0.15) is 5.75 Å². The molecular weight excluding hydrogens is 294 g/mol. The minimum absolute atomic E-state index is 0.0317. The van der Waals surface area contributed by atoms with Crippen molar-refractivity contribution in [3.05, 3.63) is 48.3 Å². The Morgan fingerprint density at radius 1 is 1.43 bits per heavy atom. The number of carbonyl (C=O) groups is 1. The van der Waals surface area contributed by atoms with Crippen LogP contribution < -0.4 is 10.1 Å². The monoisotopic (exact) mass is 315 g/mol. The van der Waals surface area contributed by atoms with Crippen LogP contribution in [-0.4, -0.2) is 33.5 Å². The third kappa shape index (κ3) is 3.90. The van der Waals surface area contributed by atoms with Crippen LogP contribution in [-0.2, 0) is 11.8 Å². The molecule has 1 atom stereocenters. The van der Waals surface area contributed by atoms with E-state index < -0.39 is 0 Å². The van der Waals surface area contributed by atoms with Crippen molar-refractivity contribution in [3.8, 4) is 5.75 Å². The number of aliphatic hydroxyl groups is 1. The summed E-state index contributed by atoms with van der Waals surface area (Å²) in [5, 5.41) is 16.7. The molecule has 1 aliphatic carbocycles. The van der Waals surface area contributed by atoms with E-state index in [1.54, 1.807) is 10.9 Å². The van der Waals surface area contributed by atoms with Gasteiger partial charge in [-0.3, -0.25) is 9.48 Å². The molecule has 1 heterocycles. The number of hydrogen-bond acceptors (Lipinski definition) is 4. The topological polar surface area (TPSA) is 76.4 Å². The van der Waals surface area contributed by atoms with Gasteiger partial charge in [0.25, 0.3) is 5.91 Å². The van der Waals surface area contributed by atoms with Gasteiger partial charge in [-0.15, -0.1) is 0 Å². The zero-order valence-corrected chi connectivity index (χ0v) is 13.1. The molecule has 6 heteroatoms. The zero-order chi connectivity index (χ0) is 16.2. The van der Waals surface area contributed by atoms with Crippen molar-refractivity contribution in [2.45, 2.75) is 25.0 Å². The van der Waals surface area contributed by atoms with Gasteiger partial charge in [0, 0.05) is 18.8 Å². The minimum atomic E-state index is -0.267. The number of aliphatic hydroxyl groups excluding tert-OH is 1. The first-order valence-electron chi connectivity index (χ1n) is 7.75. The van der Waals surface area contributed by atoms with Crippen LogP contribution in [0.15, 0.2) is 42.7 Å². The number of rotatable bonds is 6. The zero-order valence-electron chi connectivity index (χ0n) is 13.1. The fourth-order valence-electron chi connectivity index (χ4n) is 2.86. The van der Waals surface area contributed by atoms with Gasteiger partial charge in [-0.1, -0.05) is 18.2 Å². The predicted octanol–water partition coefficient (Wildman–Crippen LogP) is 1.43. The number of nitrogens with zero attached hydrogens (tertiary/aromatic N) is 2. The molecule has 1 aromatic heterocycles. The van der Waals surface area contributed by atoms with Crippen molar-refractivity contribution >= 4 is 5.91 Å². The SMILES string of the molecule is Cn1cc(C(NC(=O)COc2ccccc2)C2CC(O)C2)cn1. The lowest BCUT2D eigenvalue weighted by molar-refractivity contribution is -0.125. The molecule has 0 radical (unpaired) electrons. The fourth-order valence-corrected chi connectivity index (χ4v) is 2.86. The standard InChI is InChI=1S/C17H21N3O3/c1-20-10-13(9-18-20)17(12-7-14(21)8-12)19-16(22)11-23-15-5-3-2-4-6-15/h2-6,9-10,12,14,17,21H,7-8,11H2,1H3,(H,19,22). The highest BCUT2D eigenvalue weighted by molar-refractivity contribution is 5.78. The Morgan fingerprint density at radius 2 is 2.17 bits per heavy atom. The van der Waals surface area contributed by atoms with Crippen LogP contribution in [0.3, 0.4) is 0 Å². The fraction of sp³-hybridized carbons (Fsp3) is 0.412. The van der Waals surface area contributed by atoms with Crippen LogP contribution in [0.4, 0.5) is 0 Å². The number of benzene rings is 1. The van der Waals surface area contributed by atoms with Gasteiger partial charge in [0.05, 0.1) is 18.3 Å². The average Bonchev–Trinajstić information content (AvgIpc) is 2.95. The summed E-state index contributed by atoms with van der Waals surface area (Å²) in [5.74, 6) is 0.721. The van der Waals surface area contributed by atoms with Crippen LogP contribution in [0.25, 0.3) is 0 Å². The molecule has 2 aromatic rings. The van der Waals surface area contributed by atoms with Gasteiger partial charge < -0.3 is 15.2 Å². The lowest BCUT2D eigenvalue weighted by atomic mass is 9.75. The molecule has 1 unspecified atom stereocenters. The summed E-state index contributed by atoms with van der Waals surface area (Å²) in [5.41, 5.74) is 0.956. The van der Waals surface area contributed by atoms with Crippen LogP contribution >= 0.6 is 0 Å². The predicted molar refractivity (Wildman–Crippen MR) is 84.8 cm³/mol. The van der Waals surface area contributed by atoms with E-state index in [9.17, 15) is 9.90 Å². The van der Waals surface area contributed by atoms with Gasteiger partial charge in [0.2, 0.25) is 0 Å². The molecule has 0 bridgehead atoms. The van der Waals surface area contributed by atoms with Crippen LogP contribution in [0.5, 0.6) is 5.75 Å². The molecule has 1 amide bonds. The maximum atomic E-state index is 12.2. The first-order valence-corrected chi connectivity index (χ1v) is 7.75. The van der Waals surface area contributed by atoms with Crippen molar-refractivity contribution in [1.82, 2.24) is 15.1 Å². The van der Waals surface area contributed by atoms with E-state index in [4.69, 9.17) is 4.74 Å². The molecule has 3 rings (SSSR count). The van der Waals surface area contributed by atoms with Crippen molar-refractivity contribution in [1.29, 1.82) is 0 Å². The van der Waals surface area contributed by atoms with E-state index in [1.807, 2.05) is 43.6 Å². The lowest BCUT2D eigenvalue weighted by Gasteiger charge is -2.37. The normalized spacial score (nSPS) is 21.3. The number of amides is 1. The maximum Gasteiger partial charge on any atom is 0.258 e. The Morgan fingerprint density at radius 3 is 2.78 bits per heavy atom. The first kappa shape index (κ1) is 15.6. The number of ether oxygens (including phenoxy) is 1. The van der Waals surface area contributed by atoms with Gasteiger partial charge in [-0.2, -0.15) is 5.10 Å². The summed E-state index contributed by atoms with van der Waals surface area (Å²) in [6, 6.07) is 9.11. The third-order valence-corrected chi connectivity index (χ3v) is 4.13. The Labute approximate surface area is 135 Å². The summed E-state index contributed by atoms with van der Waals surface area (Å²) < 4.78 is 7.19.